The molecule has 1 saturated carbocycles. The van der Waals surface area contributed by atoms with Gasteiger partial charge in [0.2, 0.25) is 11.8 Å². The third-order valence-corrected chi connectivity index (χ3v) is 7.93. The average Bonchev–Trinajstić information content (AvgIpc) is 3.51. The van der Waals surface area contributed by atoms with Crippen LogP contribution in [0.2, 0.25) is 0 Å². The van der Waals surface area contributed by atoms with Crippen molar-refractivity contribution in [2.45, 2.75) is 55.4 Å². The minimum Gasteiger partial charge on any atom is -0.465 e. The van der Waals surface area contributed by atoms with Crippen molar-refractivity contribution in [2.75, 3.05) is 26.2 Å². The molecule has 1 aliphatic carbocycles. The number of carbonyl (C=O) groups is 2. The van der Waals surface area contributed by atoms with Crippen LogP contribution in [0.5, 0.6) is 0 Å². The van der Waals surface area contributed by atoms with Gasteiger partial charge in [0.25, 0.3) is 0 Å². The molecule has 208 valence electrons. The summed E-state index contributed by atoms with van der Waals surface area (Å²) in [7, 11) is 0. The molecule has 3 unspecified atom stereocenters. The monoisotopic (exact) mass is 548 g/mol. The third-order valence-electron chi connectivity index (χ3n) is 7.93. The van der Waals surface area contributed by atoms with Crippen molar-refractivity contribution in [1.82, 2.24) is 24.4 Å². The summed E-state index contributed by atoms with van der Waals surface area (Å²) in [5, 5.41) is 13.7. The van der Waals surface area contributed by atoms with E-state index in [4.69, 9.17) is 5.73 Å². The van der Waals surface area contributed by atoms with E-state index in [2.05, 4.69) is 10.1 Å². The number of carboxylic acid groups (broad SMARTS) is 1. The minimum absolute atomic E-state index is 0.173. The summed E-state index contributed by atoms with van der Waals surface area (Å²) in [6.07, 6.45) is 1.56. The Hall–Kier alpha value is -3.10. The Morgan fingerprint density at radius 3 is 2.26 bits per heavy atom. The first-order valence-electron chi connectivity index (χ1n) is 12.2. The predicted molar refractivity (Wildman–Crippen MR) is 119 cm³/mol. The zero-order valence-electron chi connectivity index (χ0n) is 20.0. The summed E-state index contributed by atoms with van der Waals surface area (Å²) in [5.74, 6) is -14.7. The number of imidazole rings is 1. The van der Waals surface area contributed by atoms with Gasteiger partial charge < -0.3 is 20.6 Å². The normalized spacial score (nSPS) is 27.7. The maximum atomic E-state index is 13.7. The number of carbonyl (C=O) groups excluding carboxylic acids is 1. The van der Waals surface area contributed by atoms with Gasteiger partial charge in [0, 0.05) is 31.8 Å². The van der Waals surface area contributed by atoms with E-state index in [1.807, 2.05) is 0 Å². The van der Waals surface area contributed by atoms with Crippen molar-refractivity contribution in [3.8, 4) is 0 Å². The molecule has 3 fully saturated rings. The molecule has 0 radical (unpaired) electrons. The Kier molecular flexibility index (Phi) is 6.27. The number of nitrogens with two attached hydrogens (primary N) is 1. The van der Waals surface area contributed by atoms with Crippen molar-refractivity contribution < 1.29 is 41.0 Å². The Morgan fingerprint density at radius 1 is 1.03 bits per heavy atom. The van der Waals surface area contributed by atoms with E-state index in [1.54, 1.807) is 12.3 Å². The largest absolute Gasteiger partial charge is 0.465 e. The first-order chi connectivity index (χ1) is 17.7. The molecule has 15 heteroatoms. The van der Waals surface area contributed by atoms with Crippen molar-refractivity contribution in [3.63, 3.8) is 0 Å². The van der Waals surface area contributed by atoms with Crippen LogP contribution in [0.4, 0.5) is 31.1 Å². The molecule has 9 nitrogen and oxygen atoms in total. The number of hydrogen-bond acceptors (Lipinski definition) is 5. The van der Waals surface area contributed by atoms with Crippen LogP contribution in [-0.4, -0.2) is 85.5 Å². The lowest BCUT2D eigenvalue weighted by molar-refractivity contribution is -0.172. The number of hydrogen-bond donors (Lipinski definition) is 2. The highest BCUT2D eigenvalue weighted by molar-refractivity contribution is 5.82. The van der Waals surface area contributed by atoms with E-state index in [9.17, 15) is 41.0 Å². The Labute approximate surface area is 212 Å². The molecule has 0 spiro atoms. The predicted octanol–water partition coefficient (Wildman–Crippen LogP) is 3.36. The van der Waals surface area contributed by atoms with Crippen LogP contribution in [0.15, 0.2) is 18.5 Å². The highest BCUT2D eigenvalue weighted by atomic mass is 19.3. The number of rotatable bonds is 4. The van der Waals surface area contributed by atoms with Crippen molar-refractivity contribution in [3.05, 3.63) is 29.7 Å². The first kappa shape index (κ1) is 26.5. The minimum atomic E-state index is -4.39. The molecule has 4 heterocycles. The molecule has 2 aliphatic heterocycles. The first-order valence-corrected chi connectivity index (χ1v) is 12.2. The summed E-state index contributed by atoms with van der Waals surface area (Å²) in [4.78, 5) is 30.5. The molecular formula is C23H26F6N6O3. The highest BCUT2D eigenvalue weighted by Gasteiger charge is 2.64. The SMILES string of the molecule is NC(c1cn2ncc(C3CN(C(=O)O)CC3C(=O)N3CC(F)(F)C(F)(F)C3)cc2n1)C1CCC(F)(F)CC1. The van der Waals surface area contributed by atoms with Crippen LogP contribution in [0, 0.1) is 11.8 Å². The van der Waals surface area contributed by atoms with Gasteiger partial charge >= 0.3 is 17.9 Å². The zero-order valence-corrected chi connectivity index (χ0v) is 20.0. The lowest BCUT2D eigenvalue weighted by Gasteiger charge is -2.31. The molecule has 0 bridgehead atoms. The summed E-state index contributed by atoms with van der Waals surface area (Å²) in [6, 6.07) is 0.930. The molecule has 38 heavy (non-hydrogen) atoms. The number of alkyl halides is 6. The number of likely N-dealkylation sites (tertiary alicyclic amines) is 2. The van der Waals surface area contributed by atoms with Crippen molar-refractivity contribution in [2.24, 2.45) is 17.6 Å². The zero-order chi connectivity index (χ0) is 27.6. The van der Waals surface area contributed by atoms with E-state index >= 15 is 0 Å². The van der Waals surface area contributed by atoms with E-state index < -0.39 is 60.7 Å². The van der Waals surface area contributed by atoms with Crippen LogP contribution >= 0.6 is 0 Å². The molecule has 3 atom stereocenters. The average molecular weight is 548 g/mol. The van der Waals surface area contributed by atoms with E-state index in [0.29, 0.717) is 21.8 Å². The van der Waals surface area contributed by atoms with Gasteiger partial charge in [-0.3, -0.25) is 4.79 Å². The fraction of sp³-hybridized carbons (Fsp3) is 0.652. The molecule has 3 N–H and O–H groups in total. The molecule has 5 rings (SSSR count). The van der Waals surface area contributed by atoms with Crippen molar-refractivity contribution in [1.29, 1.82) is 0 Å². The smallest absolute Gasteiger partial charge is 0.407 e. The molecular weight excluding hydrogens is 522 g/mol. The highest BCUT2D eigenvalue weighted by Crippen LogP contribution is 2.44. The number of halogens is 6. The molecule has 2 aromatic rings. The second-order valence-electron chi connectivity index (χ2n) is 10.5. The third kappa shape index (κ3) is 4.64. The van der Waals surface area contributed by atoms with E-state index in [0.717, 1.165) is 4.90 Å². The lowest BCUT2D eigenvalue weighted by atomic mass is 9.81. The van der Waals surface area contributed by atoms with Gasteiger partial charge in [0.1, 0.15) is 0 Å². The second kappa shape index (κ2) is 8.99. The van der Waals surface area contributed by atoms with Gasteiger partial charge in [-0.25, -0.2) is 23.1 Å². The fourth-order valence-corrected chi connectivity index (χ4v) is 5.64. The molecule has 2 amide bonds. The standard InChI is InChI=1S/C23H26F6N6O3/c24-21(25)3-1-12(2-4-21)18(30)16-9-35-17(32-16)5-13(6-31-35)14-7-33(20(37)38)8-15(14)19(36)34-10-22(26,27)23(28,29)11-34/h5-6,9,12,14-15,18H,1-4,7-8,10-11,30H2,(H,37,38). The van der Waals surface area contributed by atoms with Crippen LogP contribution in [0.3, 0.4) is 0 Å². The van der Waals surface area contributed by atoms with Gasteiger partial charge in [0.15, 0.2) is 5.65 Å². The summed E-state index contributed by atoms with van der Waals surface area (Å²) >= 11 is 0. The van der Waals surface area contributed by atoms with E-state index in [1.165, 1.54) is 10.7 Å². The van der Waals surface area contributed by atoms with Gasteiger partial charge in [-0.15, -0.1) is 0 Å². The van der Waals surface area contributed by atoms with E-state index in [-0.39, 0.29) is 44.7 Å². The van der Waals surface area contributed by atoms with Gasteiger partial charge in [0.05, 0.1) is 43.1 Å². The van der Waals surface area contributed by atoms with Crippen LogP contribution in [0.1, 0.15) is 48.9 Å². The van der Waals surface area contributed by atoms with Crippen LogP contribution in [-0.2, 0) is 4.79 Å². The Morgan fingerprint density at radius 2 is 1.66 bits per heavy atom. The Bertz CT molecular complexity index is 1230. The van der Waals surface area contributed by atoms with Crippen molar-refractivity contribution >= 4 is 17.6 Å². The topological polar surface area (TPSA) is 117 Å². The van der Waals surface area contributed by atoms with Gasteiger partial charge in [-0.1, -0.05) is 0 Å². The summed E-state index contributed by atoms with van der Waals surface area (Å²) in [6.45, 7) is -3.44. The fourth-order valence-electron chi connectivity index (χ4n) is 5.64. The number of fused-ring (bicyclic) bond motifs is 1. The number of aromatic nitrogens is 3. The number of amides is 2. The quantitative estimate of drug-likeness (QED) is 0.566. The maximum Gasteiger partial charge on any atom is 0.407 e. The van der Waals surface area contributed by atoms with Gasteiger partial charge in [-0.05, 0) is 30.4 Å². The lowest BCUT2D eigenvalue weighted by Crippen LogP contribution is -2.39. The number of nitrogens with zero attached hydrogens (tertiary/aromatic N) is 5. The molecule has 2 aromatic heterocycles. The molecule has 2 saturated heterocycles. The van der Waals surface area contributed by atoms with Crippen LogP contribution < -0.4 is 5.73 Å². The molecule has 3 aliphatic rings. The summed E-state index contributed by atoms with van der Waals surface area (Å²) < 4.78 is 83.4. The molecule has 0 aromatic carbocycles. The second-order valence-corrected chi connectivity index (χ2v) is 10.5. The van der Waals surface area contributed by atoms with Crippen LogP contribution in [0.25, 0.3) is 5.65 Å². The summed E-state index contributed by atoms with van der Waals surface area (Å²) in [5.41, 5.74) is 7.42. The Balaban J connectivity index is 1.39. The van der Waals surface area contributed by atoms with Gasteiger partial charge in [-0.2, -0.15) is 22.7 Å². The maximum absolute atomic E-state index is 13.7.